The van der Waals surface area contributed by atoms with Crippen molar-refractivity contribution in [1.29, 1.82) is 0 Å². The molecule has 3 aromatic carbocycles. The first-order valence-electron chi connectivity index (χ1n) is 11.4. The Balaban J connectivity index is 1.28. The van der Waals surface area contributed by atoms with Crippen LogP contribution in [0.5, 0.6) is 0 Å². The number of amides is 1. The minimum absolute atomic E-state index is 0.0739. The maximum absolute atomic E-state index is 12.9. The van der Waals surface area contributed by atoms with Gasteiger partial charge in [0.2, 0.25) is 10.0 Å². The Kier molecular flexibility index (Phi) is 6.38. The number of sulfonamides is 1. The summed E-state index contributed by atoms with van der Waals surface area (Å²) in [7, 11) is -2.12. The number of likely N-dealkylation sites (N-methyl/N-ethyl adjacent to an activating group) is 1. The molecule has 1 fully saturated rings. The second-order valence-corrected chi connectivity index (χ2v) is 10.6. The smallest absolute Gasteiger partial charge is 0.255 e. The predicted molar refractivity (Wildman–Crippen MR) is 135 cm³/mol. The molecule has 1 atom stereocenters. The standard InChI is InChI=1S/C26H26N4O4S/c1-30(17-21-8-5-15-34-21)35(32,33)22-13-11-18(12-14-22)26(31)27-20-7-4-6-19(16-20)25-28-23-9-2-3-10-24(23)29-25/h2-4,6-7,9-14,16,21H,5,8,15,17H2,1H3,(H,27,31)(H,28,29)/t21-/m0/s1. The highest BCUT2D eigenvalue weighted by Crippen LogP contribution is 2.24. The number of para-hydroxylation sites is 2. The second kappa shape index (κ2) is 9.61. The van der Waals surface area contributed by atoms with E-state index in [1.54, 1.807) is 13.1 Å². The van der Waals surface area contributed by atoms with Crippen LogP contribution in [-0.4, -0.2) is 54.9 Å². The molecule has 9 heteroatoms. The number of aromatic amines is 1. The van der Waals surface area contributed by atoms with Gasteiger partial charge in [0, 0.05) is 37.0 Å². The highest BCUT2D eigenvalue weighted by molar-refractivity contribution is 7.89. The van der Waals surface area contributed by atoms with Crippen LogP contribution in [0.2, 0.25) is 0 Å². The molecule has 180 valence electrons. The summed E-state index contributed by atoms with van der Waals surface area (Å²) >= 11 is 0. The minimum atomic E-state index is -3.66. The number of ether oxygens (including phenoxy) is 1. The van der Waals surface area contributed by atoms with Crippen LogP contribution < -0.4 is 5.32 Å². The number of benzene rings is 3. The van der Waals surface area contributed by atoms with Gasteiger partial charge in [-0.15, -0.1) is 0 Å². The zero-order chi connectivity index (χ0) is 24.4. The van der Waals surface area contributed by atoms with Crippen molar-refractivity contribution in [3.8, 4) is 11.4 Å². The van der Waals surface area contributed by atoms with E-state index in [-0.39, 0.29) is 16.9 Å². The van der Waals surface area contributed by atoms with Gasteiger partial charge in [-0.05, 0) is 61.4 Å². The average Bonchev–Trinajstić information content (AvgIpc) is 3.54. The van der Waals surface area contributed by atoms with E-state index in [4.69, 9.17) is 4.74 Å². The molecule has 0 saturated carbocycles. The third-order valence-corrected chi connectivity index (χ3v) is 7.93. The number of aromatic nitrogens is 2. The predicted octanol–water partition coefficient (Wildman–Crippen LogP) is 4.28. The van der Waals surface area contributed by atoms with Crippen molar-refractivity contribution in [2.75, 3.05) is 25.5 Å². The molecule has 2 N–H and O–H groups in total. The number of H-pyrrole nitrogens is 1. The fourth-order valence-electron chi connectivity index (χ4n) is 4.17. The molecule has 0 spiro atoms. The van der Waals surface area contributed by atoms with Crippen molar-refractivity contribution in [2.24, 2.45) is 0 Å². The molecule has 0 radical (unpaired) electrons. The van der Waals surface area contributed by atoms with Crippen LogP contribution in [0, 0.1) is 0 Å². The first-order chi connectivity index (χ1) is 16.9. The third-order valence-electron chi connectivity index (χ3n) is 6.09. The SMILES string of the molecule is CN(C[C@@H]1CCCO1)S(=O)(=O)c1ccc(C(=O)Nc2cccc(-c3nc4ccccc4[nH]3)c2)cc1. The summed E-state index contributed by atoms with van der Waals surface area (Å²) in [5.74, 6) is 0.382. The molecule has 2 heterocycles. The molecule has 1 saturated heterocycles. The quantitative estimate of drug-likeness (QED) is 0.402. The van der Waals surface area contributed by atoms with Crippen LogP contribution in [-0.2, 0) is 14.8 Å². The van der Waals surface area contributed by atoms with Crippen LogP contribution in [0.25, 0.3) is 22.4 Å². The number of nitrogens with zero attached hydrogens (tertiary/aromatic N) is 2. The lowest BCUT2D eigenvalue weighted by Gasteiger charge is -2.20. The molecule has 35 heavy (non-hydrogen) atoms. The van der Waals surface area contributed by atoms with E-state index >= 15 is 0 Å². The summed E-state index contributed by atoms with van der Waals surface area (Å²) in [5.41, 5.74) is 3.62. The first-order valence-corrected chi connectivity index (χ1v) is 12.9. The van der Waals surface area contributed by atoms with Crippen LogP contribution in [0.1, 0.15) is 23.2 Å². The van der Waals surface area contributed by atoms with Gasteiger partial charge in [0.15, 0.2) is 0 Å². The lowest BCUT2D eigenvalue weighted by Crippen LogP contribution is -2.34. The van der Waals surface area contributed by atoms with Crippen molar-refractivity contribution in [3.05, 3.63) is 78.4 Å². The van der Waals surface area contributed by atoms with Crippen LogP contribution in [0.15, 0.2) is 77.7 Å². The van der Waals surface area contributed by atoms with Gasteiger partial charge in [-0.25, -0.2) is 13.4 Å². The fraction of sp³-hybridized carbons (Fsp3) is 0.231. The molecule has 8 nitrogen and oxygen atoms in total. The molecule has 0 aliphatic carbocycles. The maximum Gasteiger partial charge on any atom is 0.255 e. The Labute approximate surface area is 204 Å². The molecule has 1 aromatic heterocycles. The van der Waals surface area contributed by atoms with Crippen molar-refractivity contribution >= 4 is 32.7 Å². The lowest BCUT2D eigenvalue weighted by molar-refractivity contribution is 0.0979. The van der Waals surface area contributed by atoms with Gasteiger partial charge in [-0.1, -0.05) is 24.3 Å². The molecular weight excluding hydrogens is 464 g/mol. The minimum Gasteiger partial charge on any atom is -0.377 e. The highest BCUT2D eigenvalue weighted by Gasteiger charge is 2.26. The van der Waals surface area contributed by atoms with Crippen molar-refractivity contribution < 1.29 is 17.9 Å². The molecular formula is C26H26N4O4S. The van der Waals surface area contributed by atoms with Crippen LogP contribution in [0.3, 0.4) is 0 Å². The summed E-state index contributed by atoms with van der Waals surface area (Å²) in [6, 6.07) is 21.1. The number of imidazole rings is 1. The summed E-state index contributed by atoms with van der Waals surface area (Å²) in [5, 5.41) is 2.87. The molecule has 1 aliphatic rings. The molecule has 1 amide bonds. The molecule has 0 bridgehead atoms. The first kappa shape index (κ1) is 23.2. The Hall–Kier alpha value is -3.53. The van der Waals surface area contributed by atoms with E-state index in [1.165, 1.54) is 28.6 Å². The average molecular weight is 491 g/mol. The maximum atomic E-state index is 12.9. The summed E-state index contributed by atoms with van der Waals surface area (Å²) < 4.78 is 32.6. The van der Waals surface area contributed by atoms with E-state index < -0.39 is 10.0 Å². The number of anilines is 1. The molecule has 4 aromatic rings. The van der Waals surface area contributed by atoms with Gasteiger partial charge in [-0.2, -0.15) is 4.31 Å². The van der Waals surface area contributed by atoms with Gasteiger partial charge in [-0.3, -0.25) is 4.79 Å². The normalized spacial score (nSPS) is 16.1. The zero-order valence-electron chi connectivity index (χ0n) is 19.3. The number of carbonyl (C=O) groups is 1. The Morgan fingerprint density at radius 1 is 1.11 bits per heavy atom. The molecule has 0 unspecified atom stereocenters. The molecule has 1 aliphatic heterocycles. The van der Waals surface area contributed by atoms with Crippen LogP contribution >= 0.6 is 0 Å². The van der Waals surface area contributed by atoms with Gasteiger partial charge >= 0.3 is 0 Å². The Morgan fingerprint density at radius 3 is 2.66 bits per heavy atom. The Bertz CT molecular complexity index is 1430. The van der Waals surface area contributed by atoms with E-state index in [2.05, 4.69) is 15.3 Å². The highest BCUT2D eigenvalue weighted by atomic mass is 32.2. The van der Waals surface area contributed by atoms with Crippen LogP contribution in [0.4, 0.5) is 5.69 Å². The van der Waals surface area contributed by atoms with E-state index in [0.717, 1.165) is 29.4 Å². The van der Waals surface area contributed by atoms with Crippen molar-refractivity contribution in [3.63, 3.8) is 0 Å². The summed E-state index contributed by atoms with van der Waals surface area (Å²) in [4.78, 5) is 20.8. The molecule has 5 rings (SSSR count). The summed E-state index contributed by atoms with van der Waals surface area (Å²) in [6.45, 7) is 0.982. The number of hydrogen-bond acceptors (Lipinski definition) is 5. The topological polar surface area (TPSA) is 104 Å². The Morgan fingerprint density at radius 2 is 1.91 bits per heavy atom. The van der Waals surface area contributed by atoms with Crippen molar-refractivity contribution in [2.45, 2.75) is 23.8 Å². The number of rotatable bonds is 7. The van der Waals surface area contributed by atoms with E-state index in [1.807, 2.05) is 42.5 Å². The van der Waals surface area contributed by atoms with Gasteiger partial charge in [0.1, 0.15) is 5.82 Å². The lowest BCUT2D eigenvalue weighted by atomic mass is 10.1. The van der Waals surface area contributed by atoms with Gasteiger partial charge < -0.3 is 15.0 Å². The number of nitrogens with one attached hydrogen (secondary N) is 2. The van der Waals surface area contributed by atoms with E-state index in [9.17, 15) is 13.2 Å². The monoisotopic (exact) mass is 490 g/mol. The second-order valence-electron chi connectivity index (χ2n) is 8.58. The largest absolute Gasteiger partial charge is 0.377 e. The summed E-state index contributed by atoms with van der Waals surface area (Å²) in [6.07, 6.45) is 1.73. The van der Waals surface area contributed by atoms with E-state index in [0.29, 0.717) is 30.2 Å². The number of fused-ring (bicyclic) bond motifs is 1. The fourth-order valence-corrected chi connectivity index (χ4v) is 5.37. The van der Waals surface area contributed by atoms with Gasteiger partial charge in [0.25, 0.3) is 5.91 Å². The van der Waals surface area contributed by atoms with Gasteiger partial charge in [0.05, 0.1) is 22.0 Å². The number of carbonyl (C=O) groups excluding carboxylic acids is 1. The number of hydrogen-bond donors (Lipinski definition) is 2. The zero-order valence-corrected chi connectivity index (χ0v) is 20.1. The third kappa shape index (κ3) is 4.97. The van der Waals surface area contributed by atoms with Crippen molar-refractivity contribution in [1.82, 2.24) is 14.3 Å².